The zero-order valence-electron chi connectivity index (χ0n) is 14.0. The first-order valence-corrected chi connectivity index (χ1v) is 9.74. The van der Waals surface area contributed by atoms with Gasteiger partial charge >= 0.3 is 17.9 Å². The molecule has 0 N–H and O–H groups in total. The van der Waals surface area contributed by atoms with Crippen molar-refractivity contribution in [2.45, 2.75) is 44.8 Å². The summed E-state index contributed by atoms with van der Waals surface area (Å²) in [5.74, 6) is -2.92. The highest BCUT2D eigenvalue weighted by atomic mass is 79.9. The molecule has 0 amide bonds. The number of halogens is 2. The van der Waals surface area contributed by atoms with Crippen molar-refractivity contribution in [3.05, 3.63) is 32.2 Å². The van der Waals surface area contributed by atoms with E-state index in [1.54, 1.807) is 12.1 Å². The molecule has 26 heavy (non-hydrogen) atoms. The fourth-order valence-corrected chi connectivity index (χ4v) is 4.40. The fourth-order valence-electron chi connectivity index (χ4n) is 3.06. The lowest BCUT2D eigenvalue weighted by molar-refractivity contribution is -0.244. The summed E-state index contributed by atoms with van der Waals surface area (Å²) in [4.78, 5) is 36.3. The Bertz CT molecular complexity index is 786. The second-order valence-electron chi connectivity index (χ2n) is 6.21. The molecule has 6 nitrogen and oxygen atoms in total. The van der Waals surface area contributed by atoms with E-state index in [4.69, 9.17) is 14.2 Å². The minimum absolute atomic E-state index is 0.201. The number of ether oxygens (including phenoxy) is 3. The van der Waals surface area contributed by atoms with E-state index in [0.29, 0.717) is 27.4 Å². The van der Waals surface area contributed by atoms with Gasteiger partial charge in [-0.15, -0.1) is 0 Å². The van der Waals surface area contributed by atoms with Crippen molar-refractivity contribution in [2.75, 3.05) is 0 Å². The lowest BCUT2D eigenvalue weighted by Gasteiger charge is -2.38. The fraction of sp³-hybridized carbons (Fsp3) is 0.389. The summed E-state index contributed by atoms with van der Waals surface area (Å²) in [6.07, 6.45) is 5.05. The minimum atomic E-state index is -1.14. The molecule has 138 valence electrons. The van der Waals surface area contributed by atoms with Crippen molar-refractivity contribution in [3.8, 4) is 5.75 Å². The summed E-state index contributed by atoms with van der Waals surface area (Å²) in [5.41, 5.74) is 0.129. The molecular formula is C18H16Br2O6. The Morgan fingerprint density at radius 1 is 1.12 bits per heavy atom. The summed E-state index contributed by atoms with van der Waals surface area (Å²) in [7, 11) is 0. The van der Waals surface area contributed by atoms with Gasteiger partial charge in [-0.1, -0.05) is 22.4 Å². The standard InChI is InChI=1S/C18H16Br2O6/c1-10(21)24-15-11(7-12(19)9-14(15)20)8-13-16(22)25-18(26-17(13)23)5-3-2-4-6-18/h7-9H,2-6H2,1H3. The molecule has 0 aromatic heterocycles. The number of carbonyl (C=O) groups excluding carboxylic acids is 3. The summed E-state index contributed by atoms with van der Waals surface area (Å²) in [6, 6.07) is 3.32. The van der Waals surface area contributed by atoms with Crippen LogP contribution in [0.4, 0.5) is 0 Å². The maximum atomic E-state index is 12.5. The molecule has 1 aliphatic carbocycles. The third kappa shape index (κ3) is 4.01. The van der Waals surface area contributed by atoms with Crippen LogP contribution in [0.1, 0.15) is 44.6 Å². The van der Waals surface area contributed by atoms with Crippen LogP contribution in [0.5, 0.6) is 5.75 Å². The normalized spacial score (nSPS) is 19.0. The molecular weight excluding hydrogens is 472 g/mol. The quantitative estimate of drug-likeness (QED) is 0.268. The molecule has 0 bridgehead atoms. The number of rotatable bonds is 2. The van der Waals surface area contributed by atoms with Gasteiger partial charge < -0.3 is 14.2 Å². The molecule has 1 saturated carbocycles. The molecule has 0 atom stereocenters. The second kappa shape index (κ2) is 7.52. The van der Waals surface area contributed by atoms with E-state index in [0.717, 1.165) is 19.3 Å². The van der Waals surface area contributed by atoms with Crippen LogP contribution in [-0.2, 0) is 23.9 Å². The van der Waals surface area contributed by atoms with E-state index in [1.807, 2.05) is 0 Å². The topological polar surface area (TPSA) is 78.9 Å². The SMILES string of the molecule is CC(=O)Oc1c(Br)cc(Br)cc1C=C1C(=O)OC2(CCCCC2)OC1=O. The Morgan fingerprint density at radius 3 is 2.31 bits per heavy atom. The van der Waals surface area contributed by atoms with Gasteiger partial charge in [0.05, 0.1) is 4.47 Å². The van der Waals surface area contributed by atoms with Gasteiger partial charge in [-0.05, 0) is 47.0 Å². The van der Waals surface area contributed by atoms with E-state index >= 15 is 0 Å². The molecule has 1 saturated heterocycles. The average Bonchev–Trinajstić information content (AvgIpc) is 2.54. The number of benzene rings is 1. The maximum absolute atomic E-state index is 12.5. The third-order valence-electron chi connectivity index (χ3n) is 4.20. The Kier molecular flexibility index (Phi) is 5.53. The van der Waals surface area contributed by atoms with E-state index in [2.05, 4.69) is 31.9 Å². The van der Waals surface area contributed by atoms with Gasteiger partial charge in [0.15, 0.2) is 5.75 Å². The van der Waals surface area contributed by atoms with Crippen molar-refractivity contribution < 1.29 is 28.6 Å². The van der Waals surface area contributed by atoms with E-state index in [-0.39, 0.29) is 11.3 Å². The zero-order valence-corrected chi connectivity index (χ0v) is 17.1. The summed E-state index contributed by atoms with van der Waals surface area (Å²) in [5, 5.41) is 0. The smallest absolute Gasteiger partial charge is 0.348 e. The molecule has 3 rings (SSSR count). The lowest BCUT2D eigenvalue weighted by Crippen LogP contribution is -2.47. The molecule has 1 spiro atoms. The number of hydrogen-bond acceptors (Lipinski definition) is 6. The van der Waals surface area contributed by atoms with Crippen LogP contribution >= 0.6 is 31.9 Å². The minimum Gasteiger partial charge on any atom is -0.425 e. The number of esters is 3. The van der Waals surface area contributed by atoms with Crippen molar-refractivity contribution in [1.82, 2.24) is 0 Å². The van der Waals surface area contributed by atoms with E-state index in [1.165, 1.54) is 13.0 Å². The van der Waals surface area contributed by atoms with Gasteiger partial charge in [0.25, 0.3) is 5.79 Å². The van der Waals surface area contributed by atoms with Crippen LogP contribution in [0, 0.1) is 0 Å². The summed E-state index contributed by atoms with van der Waals surface area (Å²) in [6.45, 7) is 1.27. The van der Waals surface area contributed by atoms with Crippen LogP contribution in [0.15, 0.2) is 26.7 Å². The van der Waals surface area contributed by atoms with Crippen molar-refractivity contribution >= 4 is 55.8 Å². The van der Waals surface area contributed by atoms with Gasteiger partial charge in [-0.25, -0.2) is 9.59 Å². The first-order valence-electron chi connectivity index (χ1n) is 8.15. The Morgan fingerprint density at radius 2 is 1.73 bits per heavy atom. The highest BCUT2D eigenvalue weighted by molar-refractivity contribution is 9.11. The maximum Gasteiger partial charge on any atom is 0.348 e. The number of hydrogen-bond donors (Lipinski definition) is 0. The average molecular weight is 488 g/mol. The Labute approximate surface area is 167 Å². The number of carbonyl (C=O) groups is 3. The van der Waals surface area contributed by atoms with E-state index < -0.39 is 23.7 Å². The predicted octanol–water partition coefficient (Wildman–Crippen LogP) is 4.28. The molecule has 0 radical (unpaired) electrons. The van der Waals surface area contributed by atoms with Crippen LogP contribution in [0.3, 0.4) is 0 Å². The summed E-state index contributed by atoms with van der Waals surface area (Å²) >= 11 is 6.64. The Hall–Kier alpha value is -1.67. The van der Waals surface area contributed by atoms with Gasteiger partial charge in [0.2, 0.25) is 0 Å². The molecule has 8 heteroatoms. The Balaban J connectivity index is 1.96. The van der Waals surface area contributed by atoms with Crippen LogP contribution < -0.4 is 4.74 Å². The first kappa shape index (κ1) is 19.1. The van der Waals surface area contributed by atoms with Crippen molar-refractivity contribution in [3.63, 3.8) is 0 Å². The molecule has 0 unspecified atom stereocenters. The highest BCUT2D eigenvalue weighted by Crippen LogP contribution is 2.39. The largest absolute Gasteiger partial charge is 0.425 e. The third-order valence-corrected chi connectivity index (χ3v) is 5.24. The predicted molar refractivity (Wildman–Crippen MR) is 99.1 cm³/mol. The van der Waals surface area contributed by atoms with Gasteiger partial charge in [0.1, 0.15) is 5.57 Å². The summed E-state index contributed by atoms with van der Waals surface area (Å²) < 4.78 is 17.3. The first-order chi connectivity index (χ1) is 12.3. The van der Waals surface area contributed by atoms with Gasteiger partial charge in [-0.3, -0.25) is 4.79 Å². The molecule has 2 aliphatic rings. The lowest BCUT2D eigenvalue weighted by atomic mass is 9.93. The van der Waals surface area contributed by atoms with Crippen molar-refractivity contribution in [1.29, 1.82) is 0 Å². The monoisotopic (exact) mass is 486 g/mol. The molecule has 1 aliphatic heterocycles. The van der Waals surface area contributed by atoms with Crippen LogP contribution in [0.25, 0.3) is 6.08 Å². The van der Waals surface area contributed by atoms with Crippen LogP contribution in [-0.4, -0.2) is 23.7 Å². The molecule has 2 fully saturated rings. The molecule has 1 heterocycles. The second-order valence-corrected chi connectivity index (χ2v) is 7.98. The highest BCUT2D eigenvalue weighted by Gasteiger charge is 2.46. The van der Waals surface area contributed by atoms with Crippen LogP contribution in [0.2, 0.25) is 0 Å². The molecule has 1 aromatic carbocycles. The molecule has 1 aromatic rings. The van der Waals surface area contributed by atoms with Gasteiger partial charge in [0, 0.05) is 29.8 Å². The van der Waals surface area contributed by atoms with Gasteiger partial charge in [-0.2, -0.15) is 0 Å². The van der Waals surface area contributed by atoms with Crippen molar-refractivity contribution in [2.24, 2.45) is 0 Å². The zero-order chi connectivity index (χ0) is 18.9. The van der Waals surface area contributed by atoms with E-state index in [9.17, 15) is 14.4 Å².